The Morgan fingerprint density at radius 3 is 2.82 bits per heavy atom. The second-order valence-electron chi connectivity index (χ2n) is 3.47. The van der Waals surface area contributed by atoms with Gasteiger partial charge in [0.15, 0.2) is 0 Å². The molecule has 1 unspecified atom stereocenters. The molecule has 0 amide bonds. The minimum absolute atomic E-state index is 0.0904. The molecule has 0 fully saturated rings. The Morgan fingerprint density at radius 1 is 1.65 bits per heavy atom. The van der Waals surface area contributed by atoms with Gasteiger partial charge in [-0.3, -0.25) is 10.1 Å². The number of rotatable bonds is 5. The zero-order chi connectivity index (χ0) is 13.0. The van der Waals surface area contributed by atoms with Crippen LogP contribution in [-0.2, 0) is 0 Å². The molecule has 0 radical (unpaired) electrons. The minimum atomic E-state index is -0.531. The summed E-state index contributed by atoms with van der Waals surface area (Å²) in [5, 5.41) is 14.0. The van der Waals surface area contributed by atoms with Crippen molar-refractivity contribution in [3.63, 3.8) is 0 Å². The van der Waals surface area contributed by atoms with Gasteiger partial charge in [0.05, 0.1) is 9.40 Å². The van der Waals surface area contributed by atoms with Crippen molar-refractivity contribution in [2.75, 3.05) is 18.1 Å². The fourth-order valence-corrected chi connectivity index (χ4v) is 1.75. The van der Waals surface area contributed by atoms with Gasteiger partial charge in [-0.2, -0.15) is 11.8 Å². The number of nitro groups is 1. The Kier molecular flexibility index (Phi) is 5.20. The zero-order valence-electron chi connectivity index (χ0n) is 9.37. The maximum Gasteiger partial charge on any atom is 0.293 e. The van der Waals surface area contributed by atoms with E-state index in [1.807, 2.05) is 13.2 Å². The lowest BCUT2D eigenvalue weighted by molar-refractivity contribution is -0.384. The summed E-state index contributed by atoms with van der Waals surface area (Å²) in [6.07, 6.45) is 1.95. The Bertz CT molecular complexity index is 431. The standard InChI is InChI=1S/C10H12BrFN2O2S/c1-6(17-2)5-13-9-4-8(12)7(11)3-10(9)14(15)16/h3-4,6,13H,5H2,1-2H3. The molecule has 0 aliphatic heterocycles. The topological polar surface area (TPSA) is 55.2 Å². The van der Waals surface area contributed by atoms with Gasteiger partial charge in [0.1, 0.15) is 11.5 Å². The van der Waals surface area contributed by atoms with E-state index in [9.17, 15) is 14.5 Å². The summed E-state index contributed by atoms with van der Waals surface area (Å²) in [4.78, 5) is 10.3. The number of hydrogen-bond donors (Lipinski definition) is 1. The van der Waals surface area contributed by atoms with Crippen molar-refractivity contribution < 1.29 is 9.31 Å². The Balaban J connectivity index is 2.96. The van der Waals surface area contributed by atoms with Crippen molar-refractivity contribution in [1.29, 1.82) is 0 Å². The van der Waals surface area contributed by atoms with E-state index in [0.29, 0.717) is 11.8 Å². The van der Waals surface area contributed by atoms with Gasteiger partial charge in [-0.25, -0.2) is 4.39 Å². The quantitative estimate of drug-likeness (QED) is 0.664. The van der Waals surface area contributed by atoms with Crippen LogP contribution in [0, 0.1) is 15.9 Å². The molecule has 0 aliphatic carbocycles. The van der Waals surface area contributed by atoms with Crippen LogP contribution in [0.1, 0.15) is 6.92 Å². The van der Waals surface area contributed by atoms with Crippen LogP contribution >= 0.6 is 27.7 Å². The van der Waals surface area contributed by atoms with Crippen molar-refractivity contribution in [3.8, 4) is 0 Å². The van der Waals surface area contributed by atoms with Crippen LogP contribution in [0.4, 0.5) is 15.8 Å². The van der Waals surface area contributed by atoms with E-state index >= 15 is 0 Å². The van der Waals surface area contributed by atoms with Gasteiger partial charge < -0.3 is 5.32 Å². The summed E-state index contributed by atoms with van der Waals surface area (Å²) in [5.74, 6) is -0.519. The second-order valence-corrected chi connectivity index (χ2v) is 5.60. The molecule has 4 nitrogen and oxygen atoms in total. The first kappa shape index (κ1) is 14.2. The van der Waals surface area contributed by atoms with E-state index in [0.717, 1.165) is 6.07 Å². The lowest BCUT2D eigenvalue weighted by Gasteiger charge is -2.11. The van der Waals surface area contributed by atoms with Crippen LogP contribution in [0.2, 0.25) is 0 Å². The molecule has 1 aromatic carbocycles. The van der Waals surface area contributed by atoms with Crippen LogP contribution < -0.4 is 5.32 Å². The maximum atomic E-state index is 13.3. The van der Waals surface area contributed by atoms with Crippen LogP contribution in [0.5, 0.6) is 0 Å². The van der Waals surface area contributed by atoms with E-state index in [1.165, 1.54) is 6.07 Å². The van der Waals surface area contributed by atoms with Gasteiger partial charge in [0.25, 0.3) is 5.69 Å². The molecular formula is C10H12BrFN2O2S. The third-order valence-electron chi connectivity index (χ3n) is 2.22. The van der Waals surface area contributed by atoms with Crippen molar-refractivity contribution in [1.82, 2.24) is 0 Å². The molecule has 0 spiro atoms. The molecule has 1 rings (SSSR count). The number of thioether (sulfide) groups is 1. The molecule has 0 saturated carbocycles. The van der Waals surface area contributed by atoms with Crippen molar-refractivity contribution >= 4 is 39.1 Å². The van der Waals surface area contributed by atoms with Gasteiger partial charge in [0, 0.05) is 23.9 Å². The second kappa shape index (κ2) is 6.20. The van der Waals surface area contributed by atoms with Crippen LogP contribution in [0.15, 0.2) is 16.6 Å². The Labute approximate surface area is 111 Å². The van der Waals surface area contributed by atoms with Gasteiger partial charge in [-0.1, -0.05) is 6.92 Å². The van der Waals surface area contributed by atoms with E-state index < -0.39 is 10.7 Å². The summed E-state index contributed by atoms with van der Waals surface area (Å²) in [5.41, 5.74) is 0.0724. The molecular weight excluding hydrogens is 311 g/mol. The third kappa shape index (κ3) is 3.85. The molecule has 1 atom stereocenters. The highest BCUT2D eigenvalue weighted by Crippen LogP contribution is 2.30. The van der Waals surface area contributed by atoms with E-state index in [-0.39, 0.29) is 15.8 Å². The summed E-state index contributed by atoms with van der Waals surface area (Å²) in [6.45, 7) is 2.53. The van der Waals surface area contributed by atoms with Crippen molar-refractivity contribution in [2.24, 2.45) is 0 Å². The Morgan fingerprint density at radius 2 is 2.29 bits per heavy atom. The van der Waals surface area contributed by atoms with Crippen LogP contribution in [0.25, 0.3) is 0 Å². The number of halogens is 2. The summed E-state index contributed by atoms with van der Waals surface area (Å²) in [6, 6.07) is 2.30. The predicted octanol–water partition coefficient (Wildman–Crippen LogP) is 3.66. The highest BCUT2D eigenvalue weighted by molar-refractivity contribution is 9.10. The normalized spacial score (nSPS) is 12.2. The molecule has 94 valence electrons. The smallest absolute Gasteiger partial charge is 0.293 e. The van der Waals surface area contributed by atoms with E-state index in [2.05, 4.69) is 21.2 Å². The number of nitro benzene ring substituents is 1. The van der Waals surface area contributed by atoms with Gasteiger partial charge >= 0.3 is 0 Å². The SMILES string of the molecule is CSC(C)CNc1cc(F)c(Br)cc1[N+](=O)[O-]. The largest absolute Gasteiger partial charge is 0.378 e. The molecule has 0 aliphatic rings. The van der Waals surface area contributed by atoms with Gasteiger partial charge in [-0.15, -0.1) is 0 Å². The highest BCUT2D eigenvalue weighted by atomic mass is 79.9. The first-order valence-electron chi connectivity index (χ1n) is 4.85. The molecule has 17 heavy (non-hydrogen) atoms. The summed E-state index contributed by atoms with van der Waals surface area (Å²) in [7, 11) is 0. The summed E-state index contributed by atoms with van der Waals surface area (Å²) >= 11 is 4.56. The number of nitrogens with zero attached hydrogens (tertiary/aromatic N) is 1. The van der Waals surface area contributed by atoms with Gasteiger partial charge in [-0.05, 0) is 22.2 Å². The van der Waals surface area contributed by atoms with Crippen LogP contribution in [-0.4, -0.2) is 23.0 Å². The van der Waals surface area contributed by atoms with Crippen LogP contribution in [0.3, 0.4) is 0 Å². The third-order valence-corrected chi connectivity index (χ3v) is 3.80. The molecule has 0 bridgehead atoms. The predicted molar refractivity (Wildman–Crippen MR) is 72.2 cm³/mol. The molecule has 7 heteroatoms. The molecule has 1 N–H and O–H groups in total. The number of nitrogens with one attached hydrogen (secondary N) is 1. The Hall–Kier alpha value is -0.820. The molecule has 0 aromatic heterocycles. The molecule has 0 heterocycles. The average molecular weight is 323 g/mol. The van der Waals surface area contributed by atoms with Crippen molar-refractivity contribution in [3.05, 3.63) is 32.5 Å². The number of anilines is 1. The number of benzene rings is 1. The molecule has 1 aromatic rings. The first-order valence-corrected chi connectivity index (χ1v) is 6.94. The molecule has 0 saturated heterocycles. The minimum Gasteiger partial charge on any atom is -0.378 e. The number of hydrogen-bond acceptors (Lipinski definition) is 4. The van der Waals surface area contributed by atoms with Gasteiger partial charge in [0.2, 0.25) is 0 Å². The highest BCUT2D eigenvalue weighted by Gasteiger charge is 2.17. The fourth-order valence-electron chi connectivity index (χ4n) is 1.17. The van der Waals surface area contributed by atoms with Crippen molar-refractivity contribution in [2.45, 2.75) is 12.2 Å². The van der Waals surface area contributed by atoms with E-state index in [4.69, 9.17) is 0 Å². The lowest BCUT2D eigenvalue weighted by Crippen LogP contribution is -2.13. The fraction of sp³-hybridized carbons (Fsp3) is 0.400. The average Bonchev–Trinajstić information content (AvgIpc) is 2.29. The monoisotopic (exact) mass is 322 g/mol. The zero-order valence-corrected chi connectivity index (χ0v) is 11.8. The summed E-state index contributed by atoms with van der Waals surface area (Å²) < 4.78 is 13.4. The van der Waals surface area contributed by atoms with E-state index in [1.54, 1.807) is 11.8 Å². The lowest BCUT2D eigenvalue weighted by atomic mass is 10.2. The maximum absolute atomic E-state index is 13.3. The first-order chi connectivity index (χ1) is 7.95.